The minimum atomic E-state index is -0.941. The number of rotatable bonds is 0. The Kier molecular flexibility index (Phi) is 1.45. The summed E-state index contributed by atoms with van der Waals surface area (Å²) in [4.78, 5) is 11.5. The van der Waals surface area contributed by atoms with Crippen LogP contribution in [0.2, 0.25) is 0 Å². The average Bonchev–Trinajstić information content (AvgIpc) is 2.55. The smallest absolute Gasteiger partial charge is 0.337 e. The zero-order valence-corrected chi connectivity index (χ0v) is 8.19. The lowest BCUT2D eigenvalue weighted by Gasteiger charge is -2.33. The molecule has 0 unspecified atom stereocenters. The van der Waals surface area contributed by atoms with Crippen molar-refractivity contribution < 1.29 is 14.6 Å². The first-order chi connectivity index (χ1) is 6.62. The van der Waals surface area contributed by atoms with Crippen molar-refractivity contribution in [2.24, 2.45) is 11.8 Å². The van der Waals surface area contributed by atoms with E-state index in [0.29, 0.717) is 11.5 Å². The van der Waals surface area contributed by atoms with Crippen molar-refractivity contribution in [3.63, 3.8) is 0 Å². The van der Waals surface area contributed by atoms with Crippen LogP contribution in [0.5, 0.6) is 0 Å². The van der Waals surface area contributed by atoms with Gasteiger partial charge in [-0.2, -0.15) is 0 Å². The van der Waals surface area contributed by atoms with Crippen molar-refractivity contribution in [1.82, 2.24) is 0 Å². The van der Waals surface area contributed by atoms with Crippen molar-refractivity contribution in [2.45, 2.75) is 37.9 Å². The Hall–Kier alpha value is -0.830. The Morgan fingerprint density at radius 2 is 2.36 bits per heavy atom. The Bertz CT molecular complexity index is 333. The van der Waals surface area contributed by atoms with E-state index in [1.165, 1.54) is 0 Å². The second kappa shape index (κ2) is 2.40. The van der Waals surface area contributed by atoms with E-state index in [-0.39, 0.29) is 18.0 Å². The fraction of sp³-hybridized carbons (Fsp3) is 0.727. The number of allylic oxidation sites excluding steroid dienone is 1. The van der Waals surface area contributed by atoms with Crippen molar-refractivity contribution in [3.8, 4) is 0 Å². The predicted octanol–water partition coefficient (Wildman–Crippen LogP) is 1.02. The molecule has 2 fully saturated rings. The molecule has 1 saturated carbocycles. The van der Waals surface area contributed by atoms with Crippen LogP contribution < -0.4 is 0 Å². The summed E-state index contributed by atoms with van der Waals surface area (Å²) in [5.74, 6) is 0.322. The van der Waals surface area contributed by atoms with Gasteiger partial charge in [0.2, 0.25) is 0 Å². The summed E-state index contributed by atoms with van der Waals surface area (Å²) < 4.78 is 5.19. The summed E-state index contributed by atoms with van der Waals surface area (Å²) >= 11 is 0. The molecular formula is C11H14O3. The quantitative estimate of drug-likeness (QED) is 0.586. The molecule has 0 spiro atoms. The molecule has 0 radical (unpaired) electrons. The molecule has 3 heteroatoms. The van der Waals surface area contributed by atoms with E-state index in [1.54, 1.807) is 0 Å². The van der Waals surface area contributed by atoms with Crippen LogP contribution in [0.1, 0.15) is 26.2 Å². The molecule has 1 heterocycles. The van der Waals surface area contributed by atoms with Gasteiger partial charge in [0, 0.05) is 0 Å². The summed E-state index contributed by atoms with van der Waals surface area (Å²) in [5.41, 5.74) is -0.410. The third kappa shape index (κ3) is 0.793. The Morgan fingerprint density at radius 1 is 1.57 bits per heavy atom. The minimum absolute atomic E-state index is 0.231. The van der Waals surface area contributed by atoms with E-state index in [4.69, 9.17) is 4.74 Å². The molecule has 3 nitrogen and oxygen atoms in total. The van der Waals surface area contributed by atoms with E-state index in [9.17, 15) is 9.90 Å². The van der Waals surface area contributed by atoms with Crippen molar-refractivity contribution >= 4 is 5.97 Å². The lowest BCUT2D eigenvalue weighted by atomic mass is 9.73. The molecule has 4 atom stereocenters. The highest BCUT2D eigenvalue weighted by atomic mass is 16.6. The molecule has 0 aromatic heterocycles. The van der Waals surface area contributed by atoms with E-state index in [1.807, 2.05) is 6.08 Å². The largest absolute Gasteiger partial charge is 0.455 e. The van der Waals surface area contributed by atoms with Gasteiger partial charge in [-0.15, -0.1) is 0 Å². The van der Waals surface area contributed by atoms with Crippen LogP contribution in [-0.4, -0.2) is 22.8 Å². The van der Waals surface area contributed by atoms with Crippen LogP contribution in [0, 0.1) is 11.8 Å². The molecule has 2 aliphatic carbocycles. The third-order valence-corrected chi connectivity index (χ3v) is 3.90. The summed E-state index contributed by atoms with van der Waals surface area (Å²) in [5, 5.41) is 10.5. The number of carbonyl (C=O) groups is 1. The molecule has 3 aliphatic rings. The van der Waals surface area contributed by atoms with Crippen LogP contribution in [0.3, 0.4) is 0 Å². The van der Waals surface area contributed by atoms with Gasteiger partial charge in [-0.25, -0.2) is 4.79 Å². The first-order valence-corrected chi connectivity index (χ1v) is 5.28. The number of hydrogen-bond donors (Lipinski definition) is 1. The van der Waals surface area contributed by atoms with Crippen LogP contribution in [0.25, 0.3) is 0 Å². The fourth-order valence-corrected chi connectivity index (χ4v) is 3.25. The first kappa shape index (κ1) is 8.48. The zero-order valence-electron chi connectivity index (χ0n) is 8.19. The second-order valence-corrected chi connectivity index (χ2v) is 4.79. The lowest BCUT2D eigenvalue weighted by Crippen LogP contribution is -2.43. The van der Waals surface area contributed by atoms with Gasteiger partial charge in [-0.05, 0) is 31.1 Å². The SMILES string of the molecule is C[C@H]1C=C2C(=O)O[C@H]3CC[C@@H](C1)[C@@]23O. The van der Waals surface area contributed by atoms with E-state index in [0.717, 1.165) is 19.3 Å². The predicted molar refractivity (Wildman–Crippen MR) is 49.4 cm³/mol. The molecule has 0 aromatic carbocycles. The van der Waals surface area contributed by atoms with Gasteiger partial charge in [-0.1, -0.05) is 13.0 Å². The van der Waals surface area contributed by atoms with Gasteiger partial charge in [0.1, 0.15) is 11.7 Å². The zero-order chi connectivity index (χ0) is 9.92. The highest BCUT2D eigenvalue weighted by molar-refractivity contribution is 5.94. The van der Waals surface area contributed by atoms with Crippen LogP contribution >= 0.6 is 0 Å². The molecule has 3 rings (SSSR count). The molecule has 0 aromatic rings. The molecule has 0 amide bonds. The van der Waals surface area contributed by atoms with Crippen molar-refractivity contribution in [1.29, 1.82) is 0 Å². The fourth-order valence-electron chi connectivity index (χ4n) is 3.25. The summed E-state index contributed by atoms with van der Waals surface area (Å²) in [6.45, 7) is 2.09. The highest BCUT2D eigenvalue weighted by Gasteiger charge is 2.61. The van der Waals surface area contributed by atoms with E-state index in [2.05, 4.69) is 6.92 Å². The Balaban J connectivity index is 2.14. The highest BCUT2D eigenvalue weighted by Crippen LogP contribution is 2.52. The van der Waals surface area contributed by atoms with Gasteiger partial charge in [0.05, 0.1) is 5.57 Å². The topological polar surface area (TPSA) is 46.5 Å². The normalized spacial score (nSPS) is 50.0. The molecular weight excluding hydrogens is 180 g/mol. The molecule has 1 aliphatic heterocycles. The van der Waals surface area contributed by atoms with Gasteiger partial charge in [0.25, 0.3) is 0 Å². The van der Waals surface area contributed by atoms with Crippen molar-refractivity contribution in [2.75, 3.05) is 0 Å². The standard InChI is InChI=1S/C11H14O3/c1-6-4-7-2-3-9-11(7,13)8(5-6)10(12)14-9/h5-7,9,13H,2-4H2,1H3/t6-,7+,9+,11-/m1/s1. The minimum Gasteiger partial charge on any atom is -0.455 e. The van der Waals surface area contributed by atoms with Crippen LogP contribution in [0.15, 0.2) is 11.6 Å². The average molecular weight is 194 g/mol. The number of ether oxygens (including phenoxy) is 1. The van der Waals surface area contributed by atoms with Crippen LogP contribution in [-0.2, 0) is 9.53 Å². The maximum Gasteiger partial charge on any atom is 0.337 e. The maximum absolute atomic E-state index is 11.5. The third-order valence-electron chi connectivity index (χ3n) is 3.90. The summed E-state index contributed by atoms with van der Waals surface area (Å²) in [6.07, 6.45) is 4.41. The number of hydrogen-bond acceptors (Lipinski definition) is 3. The molecule has 76 valence electrons. The molecule has 1 saturated heterocycles. The Labute approximate surface area is 82.8 Å². The van der Waals surface area contributed by atoms with Gasteiger partial charge >= 0.3 is 5.97 Å². The number of aliphatic hydroxyl groups is 1. The number of carbonyl (C=O) groups excluding carboxylic acids is 1. The van der Waals surface area contributed by atoms with Gasteiger partial charge in [-0.3, -0.25) is 0 Å². The lowest BCUT2D eigenvalue weighted by molar-refractivity contribution is -0.140. The molecule has 1 N–H and O–H groups in total. The summed E-state index contributed by atoms with van der Waals surface area (Å²) in [6, 6.07) is 0. The van der Waals surface area contributed by atoms with Gasteiger partial charge < -0.3 is 9.84 Å². The van der Waals surface area contributed by atoms with Crippen LogP contribution in [0.4, 0.5) is 0 Å². The van der Waals surface area contributed by atoms with Gasteiger partial charge in [0.15, 0.2) is 0 Å². The second-order valence-electron chi connectivity index (χ2n) is 4.79. The molecule has 14 heavy (non-hydrogen) atoms. The Morgan fingerprint density at radius 3 is 3.14 bits per heavy atom. The van der Waals surface area contributed by atoms with E-state index >= 15 is 0 Å². The first-order valence-electron chi connectivity index (χ1n) is 5.28. The maximum atomic E-state index is 11.5. The summed E-state index contributed by atoms with van der Waals surface area (Å²) in [7, 11) is 0. The number of esters is 1. The molecule has 0 bridgehead atoms. The van der Waals surface area contributed by atoms with Crippen molar-refractivity contribution in [3.05, 3.63) is 11.6 Å². The van der Waals surface area contributed by atoms with E-state index < -0.39 is 5.60 Å². The monoisotopic (exact) mass is 194 g/mol.